The van der Waals surface area contributed by atoms with Gasteiger partial charge in [0.05, 0.1) is 6.20 Å². The zero-order chi connectivity index (χ0) is 13.7. The van der Waals surface area contributed by atoms with Gasteiger partial charge in [0.15, 0.2) is 5.82 Å². The first-order chi connectivity index (χ1) is 9.15. The summed E-state index contributed by atoms with van der Waals surface area (Å²) in [5, 5.41) is 11.5. The second-order valence-electron chi connectivity index (χ2n) is 5.54. The van der Waals surface area contributed by atoms with E-state index in [1.54, 1.807) is 6.20 Å². The standard InChI is InChI=1S/C13H24N6/c1-11-4-7-19(8-5-11)13-16-12(10-15-17-13)14-6-9-18(2)3/h10-11H,4-9H2,1-3H3,(H,14,16,17). The van der Waals surface area contributed by atoms with E-state index in [0.717, 1.165) is 43.9 Å². The summed E-state index contributed by atoms with van der Waals surface area (Å²) in [5.41, 5.74) is 0. The number of rotatable bonds is 5. The molecule has 2 heterocycles. The molecule has 1 aliphatic heterocycles. The van der Waals surface area contributed by atoms with E-state index in [1.165, 1.54) is 12.8 Å². The third kappa shape index (κ3) is 4.31. The zero-order valence-corrected chi connectivity index (χ0v) is 12.1. The summed E-state index contributed by atoms with van der Waals surface area (Å²) in [4.78, 5) is 8.90. The van der Waals surface area contributed by atoms with Gasteiger partial charge in [-0.05, 0) is 32.9 Å². The van der Waals surface area contributed by atoms with Crippen LogP contribution in [-0.2, 0) is 0 Å². The predicted molar refractivity (Wildman–Crippen MR) is 77.5 cm³/mol. The predicted octanol–water partition coefficient (Wildman–Crippen LogP) is 1.08. The number of hydrogen-bond acceptors (Lipinski definition) is 6. The molecule has 1 aromatic heterocycles. The Hall–Kier alpha value is -1.43. The SMILES string of the molecule is CC1CCN(c2nncc(NCCN(C)C)n2)CC1. The summed E-state index contributed by atoms with van der Waals surface area (Å²) < 4.78 is 0. The Bertz CT molecular complexity index is 386. The average molecular weight is 264 g/mol. The molecule has 6 nitrogen and oxygen atoms in total. The van der Waals surface area contributed by atoms with Crippen LogP contribution < -0.4 is 10.2 Å². The lowest BCUT2D eigenvalue weighted by Gasteiger charge is -2.29. The number of likely N-dealkylation sites (N-methyl/N-ethyl adjacent to an activating group) is 1. The molecule has 2 rings (SSSR count). The van der Waals surface area contributed by atoms with Crippen molar-refractivity contribution in [2.24, 2.45) is 5.92 Å². The Morgan fingerprint density at radius 3 is 2.79 bits per heavy atom. The normalized spacial score (nSPS) is 16.9. The van der Waals surface area contributed by atoms with Gasteiger partial charge >= 0.3 is 0 Å². The van der Waals surface area contributed by atoms with Crippen molar-refractivity contribution in [3.8, 4) is 0 Å². The van der Waals surface area contributed by atoms with Crippen molar-refractivity contribution < 1.29 is 0 Å². The molecule has 6 heteroatoms. The molecule has 106 valence electrons. The van der Waals surface area contributed by atoms with Gasteiger partial charge in [0.1, 0.15) is 0 Å². The third-order valence-corrected chi connectivity index (χ3v) is 3.48. The van der Waals surface area contributed by atoms with Gasteiger partial charge in [-0.1, -0.05) is 6.92 Å². The summed E-state index contributed by atoms with van der Waals surface area (Å²) in [6, 6.07) is 0. The van der Waals surface area contributed by atoms with Gasteiger partial charge in [-0.25, -0.2) is 0 Å². The van der Waals surface area contributed by atoms with E-state index in [1.807, 2.05) is 0 Å². The van der Waals surface area contributed by atoms with Crippen LogP contribution in [-0.4, -0.2) is 60.4 Å². The summed E-state index contributed by atoms with van der Waals surface area (Å²) in [5.74, 6) is 2.37. The molecule has 0 aromatic carbocycles. The second-order valence-corrected chi connectivity index (χ2v) is 5.54. The molecule has 0 unspecified atom stereocenters. The van der Waals surface area contributed by atoms with E-state index in [4.69, 9.17) is 0 Å². The van der Waals surface area contributed by atoms with E-state index in [9.17, 15) is 0 Å². The maximum Gasteiger partial charge on any atom is 0.247 e. The van der Waals surface area contributed by atoms with Crippen LogP contribution in [0.15, 0.2) is 6.20 Å². The van der Waals surface area contributed by atoms with Crippen LogP contribution in [0.1, 0.15) is 19.8 Å². The average Bonchev–Trinajstić information content (AvgIpc) is 2.39. The molecule has 1 fully saturated rings. The summed E-state index contributed by atoms with van der Waals surface area (Å²) in [6.07, 6.45) is 4.11. The van der Waals surface area contributed by atoms with Crippen LogP contribution in [0.4, 0.5) is 11.8 Å². The fourth-order valence-electron chi connectivity index (χ4n) is 2.13. The number of hydrogen-bond donors (Lipinski definition) is 1. The topological polar surface area (TPSA) is 57.2 Å². The van der Waals surface area contributed by atoms with Gasteiger partial charge in [-0.15, -0.1) is 5.10 Å². The first-order valence-electron chi connectivity index (χ1n) is 6.98. The maximum atomic E-state index is 4.54. The quantitative estimate of drug-likeness (QED) is 0.859. The molecule has 1 aliphatic rings. The Balaban J connectivity index is 1.91. The maximum absolute atomic E-state index is 4.54. The zero-order valence-electron chi connectivity index (χ0n) is 12.1. The largest absolute Gasteiger partial charge is 0.367 e. The molecule has 0 atom stereocenters. The molecule has 0 radical (unpaired) electrons. The van der Waals surface area contributed by atoms with Crippen molar-refractivity contribution in [1.29, 1.82) is 0 Å². The molecule has 1 aromatic rings. The molecule has 0 aliphatic carbocycles. The molecule has 0 amide bonds. The lowest BCUT2D eigenvalue weighted by molar-refractivity contribution is 0.424. The minimum Gasteiger partial charge on any atom is -0.367 e. The van der Waals surface area contributed by atoms with E-state index in [2.05, 4.69) is 51.3 Å². The van der Waals surface area contributed by atoms with Crippen molar-refractivity contribution >= 4 is 11.8 Å². The highest BCUT2D eigenvalue weighted by Gasteiger charge is 2.18. The fraction of sp³-hybridized carbons (Fsp3) is 0.769. The number of aromatic nitrogens is 3. The molecule has 0 bridgehead atoms. The first-order valence-corrected chi connectivity index (χ1v) is 6.98. The van der Waals surface area contributed by atoms with Crippen molar-refractivity contribution in [3.05, 3.63) is 6.20 Å². The van der Waals surface area contributed by atoms with Crippen molar-refractivity contribution in [2.45, 2.75) is 19.8 Å². The van der Waals surface area contributed by atoms with E-state index >= 15 is 0 Å². The molecular weight excluding hydrogens is 240 g/mol. The summed E-state index contributed by atoms with van der Waals surface area (Å²) in [7, 11) is 4.11. The van der Waals surface area contributed by atoms with Crippen LogP contribution in [0, 0.1) is 5.92 Å². The number of nitrogens with zero attached hydrogens (tertiary/aromatic N) is 5. The van der Waals surface area contributed by atoms with Gasteiger partial charge in [0.25, 0.3) is 0 Å². The minimum atomic E-state index is 0.752. The Labute approximate surface area is 115 Å². The van der Waals surface area contributed by atoms with Gasteiger partial charge in [0, 0.05) is 26.2 Å². The van der Waals surface area contributed by atoms with E-state index in [-0.39, 0.29) is 0 Å². The smallest absolute Gasteiger partial charge is 0.247 e. The molecule has 19 heavy (non-hydrogen) atoms. The van der Waals surface area contributed by atoms with Crippen LogP contribution >= 0.6 is 0 Å². The van der Waals surface area contributed by atoms with Crippen LogP contribution in [0.2, 0.25) is 0 Å². The lowest BCUT2D eigenvalue weighted by Crippen LogP contribution is -2.34. The number of anilines is 2. The summed E-state index contributed by atoms with van der Waals surface area (Å²) >= 11 is 0. The van der Waals surface area contributed by atoms with Gasteiger partial charge in [-0.2, -0.15) is 10.1 Å². The monoisotopic (exact) mass is 264 g/mol. The van der Waals surface area contributed by atoms with Gasteiger partial charge in [-0.3, -0.25) is 0 Å². The van der Waals surface area contributed by atoms with Gasteiger partial charge < -0.3 is 15.1 Å². The molecule has 1 N–H and O–H groups in total. The van der Waals surface area contributed by atoms with Crippen LogP contribution in [0.5, 0.6) is 0 Å². The van der Waals surface area contributed by atoms with E-state index < -0.39 is 0 Å². The highest BCUT2D eigenvalue weighted by molar-refractivity contribution is 5.39. The Kier molecular flexibility index (Phi) is 4.90. The number of nitrogens with one attached hydrogen (secondary N) is 1. The lowest BCUT2D eigenvalue weighted by atomic mass is 10.00. The van der Waals surface area contributed by atoms with Crippen LogP contribution in [0.3, 0.4) is 0 Å². The molecule has 1 saturated heterocycles. The Morgan fingerprint density at radius 1 is 1.37 bits per heavy atom. The summed E-state index contributed by atoms with van der Waals surface area (Å²) in [6.45, 7) is 6.20. The van der Waals surface area contributed by atoms with Gasteiger partial charge in [0.2, 0.25) is 5.95 Å². The minimum absolute atomic E-state index is 0.752. The second kappa shape index (κ2) is 6.65. The molecule has 0 saturated carbocycles. The highest BCUT2D eigenvalue weighted by atomic mass is 15.3. The highest BCUT2D eigenvalue weighted by Crippen LogP contribution is 2.19. The van der Waals surface area contributed by atoms with Crippen molar-refractivity contribution in [1.82, 2.24) is 20.1 Å². The first kappa shape index (κ1) is 14.0. The van der Waals surface area contributed by atoms with Crippen molar-refractivity contribution in [2.75, 3.05) is 50.5 Å². The fourth-order valence-corrected chi connectivity index (χ4v) is 2.13. The molecular formula is C13H24N6. The van der Waals surface area contributed by atoms with E-state index in [0.29, 0.717) is 0 Å². The van der Waals surface area contributed by atoms with Crippen molar-refractivity contribution in [3.63, 3.8) is 0 Å². The number of piperidine rings is 1. The van der Waals surface area contributed by atoms with Crippen LogP contribution in [0.25, 0.3) is 0 Å². The third-order valence-electron chi connectivity index (χ3n) is 3.48. The Morgan fingerprint density at radius 2 is 2.11 bits per heavy atom. The molecule has 0 spiro atoms.